The molecule has 482 valence electrons. The Balaban J connectivity index is 1.26. The van der Waals surface area contributed by atoms with E-state index < -0.39 is 89.7 Å². The maximum absolute atomic E-state index is 14.9. The highest BCUT2D eigenvalue weighted by Crippen LogP contribution is 2.32. The molecule has 2 fully saturated rings. The molecule has 4 N–H and O–H groups in total. The van der Waals surface area contributed by atoms with E-state index in [-0.39, 0.29) is 97.4 Å². The van der Waals surface area contributed by atoms with Crippen molar-refractivity contribution in [2.24, 2.45) is 29.6 Å². The predicted octanol–water partition coefficient (Wildman–Crippen LogP) is 8.33. The van der Waals surface area contributed by atoms with E-state index in [1.807, 2.05) is 58.0 Å². The average Bonchev–Trinajstić information content (AvgIpc) is 4.32. The highest BCUT2D eigenvalue weighted by atomic mass is 32.2. The summed E-state index contributed by atoms with van der Waals surface area (Å²) in [5, 5.41) is 18.9. The summed E-state index contributed by atoms with van der Waals surface area (Å²) in [4.78, 5) is 130. The second-order valence-corrected chi connectivity index (χ2v) is 25.2. The summed E-state index contributed by atoms with van der Waals surface area (Å²) in [5.41, 5.74) is 1.15. The molecule has 2 aromatic rings. The minimum atomic E-state index is -1.01. The van der Waals surface area contributed by atoms with Crippen LogP contribution in [0.4, 0.5) is 15.3 Å². The fourth-order valence-electron chi connectivity index (χ4n) is 12.2. The number of likely N-dealkylation sites (tertiary alicyclic amines) is 2. The topological polar surface area (TPSA) is 260 Å². The Morgan fingerprint density at radius 1 is 0.851 bits per heavy atom. The van der Waals surface area contributed by atoms with E-state index in [2.05, 4.69) is 16.0 Å². The van der Waals surface area contributed by atoms with Gasteiger partial charge in [-0.25, -0.2) is 9.59 Å². The zero-order valence-electron chi connectivity index (χ0n) is 53.4. The lowest BCUT2D eigenvalue weighted by Crippen LogP contribution is -2.55. The maximum atomic E-state index is 14.9. The molecular weight excluding hydrogens is 1130 g/mol. The Morgan fingerprint density at radius 3 is 2.20 bits per heavy atom. The van der Waals surface area contributed by atoms with Gasteiger partial charge in [-0.3, -0.25) is 43.8 Å². The molecule has 2 aliphatic heterocycles. The van der Waals surface area contributed by atoms with Crippen molar-refractivity contribution in [1.82, 2.24) is 30.2 Å². The standard InChI is InChI=1S/C65H97N7O14S/c1-14-41(6)57(52(83-11)36-54(74)71-32-23-28-50(71)59(84-12)42(7)60(77)67-43(8)58(76)45-24-19-18-20-25-45)69(9)62(79)47(39(2)3)35-51(73)56(40(4)5)70(10)65(82)85-38-44-29-30-49(68-64(81)86-46-26-21-16-15-17-22-27-46)48(34-44)61(78)66-31-33-72-55(75)37-53(87-13)63(72)80/h18-21,24-26,29-30,34,39-43,46-47,50,52-53,56-59,76H,14-17,22-23,27-28,31-33,35-38H2,1-13H3,(H,66,78)(H,67,77)(H,68,81)/b26-21+/t41-,42+,43+,46?,47?,50-,52+,53?,56-,57-,58+,59+/m0/s1. The maximum Gasteiger partial charge on any atom is 0.412 e. The van der Waals surface area contributed by atoms with Gasteiger partial charge in [-0.15, -0.1) is 0 Å². The van der Waals surface area contributed by atoms with Crippen molar-refractivity contribution in [2.75, 3.05) is 59.5 Å². The van der Waals surface area contributed by atoms with Crippen LogP contribution < -0.4 is 16.0 Å². The average molecular weight is 1230 g/mol. The van der Waals surface area contributed by atoms with Crippen LogP contribution in [0.2, 0.25) is 0 Å². The molecule has 2 heterocycles. The number of rotatable bonds is 30. The van der Waals surface area contributed by atoms with Gasteiger partial charge in [-0.05, 0) is 98.8 Å². The first-order valence-electron chi connectivity index (χ1n) is 30.9. The number of hydrogen-bond acceptors (Lipinski definition) is 15. The lowest BCUT2D eigenvalue weighted by atomic mass is 9.83. The van der Waals surface area contributed by atoms with E-state index in [0.29, 0.717) is 43.4 Å². The third kappa shape index (κ3) is 19.3. The fraction of sp³-hybridized carbons (Fsp3) is 0.646. The van der Waals surface area contributed by atoms with Crippen LogP contribution in [-0.4, -0.2) is 180 Å². The van der Waals surface area contributed by atoms with E-state index in [1.54, 1.807) is 69.0 Å². The van der Waals surface area contributed by atoms with E-state index in [4.69, 9.17) is 18.9 Å². The van der Waals surface area contributed by atoms with Crippen LogP contribution in [0.3, 0.4) is 0 Å². The second-order valence-electron chi connectivity index (χ2n) is 24.2. The van der Waals surface area contributed by atoms with Gasteiger partial charge in [0.05, 0.1) is 71.3 Å². The molecular formula is C65H97N7O14S. The minimum Gasteiger partial charge on any atom is -0.445 e. The van der Waals surface area contributed by atoms with Crippen molar-refractivity contribution >= 4 is 70.9 Å². The number of allylic oxidation sites excluding steroid dienone is 1. The Hall–Kier alpha value is -6.36. The van der Waals surface area contributed by atoms with E-state index in [0.717, 1.165) is 30.6 Å². The molecule has 2 aromatic carbocycles. The zero-order valence-corrected chi connectivity index (χ0v) is 54.2. The number of carbonyl (C=O) groups excluding carboxylic acids is 9. The molecule has 5 rings (SSSR count). The van der Waals surface area contributed by atoms with Gasteiger partial charge in [-0.2, -0.15) is 11.8 Å². The van der Waals surface area contributed by atoms with E-state index >= 15 is 0 Å². The minimum absolute atomic E-state index is 0.00307. The molecule has 0 radical (unpaired) electrons. The van der Waals surface area contributed by atoms with Crippen LogP contribution in [0.25, 0.3) is 0 Å². The highest BCUT2D eigenvalue weighted by molar-refractivity contribution is 8.00. The number of ketones is 1. The van der Waals surface area contributed by atoms with Crippen LogP contribution in [0.15, 0.2) is 60.7 Å². The molecule has 22 heteroatoms. The summed E-state index contributed by atoms with van der Waals surface area (Å²) in [6.45, 7) is 14.8. The second kappa shape index (κ2) is 34.4. The zero-order chi connectivity index (χ0) is 64.2. The van der Waals surface area contributed by atoms with Gasteiger partial charge < -0.3 is 49.4 Å². The van der Waals surface area contributed by atoms with E-state index in [9.17, 15) is 48.3 Å². The summed E-state index contributed by atoms with van der Waals surface area (Å²) in [5.74, 6) is -4.90. The fourth-order valence-corrected chi connectivity index (χ4v) is 12.9. The summed E-state index contributed by atoms with van der Waals surface area (Å²) in [6, 6.07) is 11.0. The van der Waals surface area contributed by atoms with Crippen LogP contribution in [0.1, 0.15) is 154 Å². The molecule has 8 amide bonds. The van der Waals surface area contributed by atoms with Crippen molar-refractivity contribution in [3.05, 3.63) is 77.4 Å². The van der Waals surface area contributed by atoms with Crippen molar-refractivity contribution in [2.45, 2.75) is 186 Å². The summed E-state index contributed by atoms with van der Waals surface area (Å²) in [7, 11) is 6.17. The number of likely N-dealkylation sites (N-methyl/N-ethyl adjacent to an activating group) is 2. The number of anilines is 1. The normalized spacial score (nSPS) is 20.6. The number of hydrogen-bond donors (Lipinski definition) is 4. The van der Waals surface area contributed by atoms with Gasteiger partial charge in [0, 0.05) is 66.7 Å². The number of benzene rings is 2. The molecule has 1 aliphatic carbocycles. The summed E-state index contributed by atoms with van der Waals surface area (Å²) >= 11 is 1.29. The van der Waals surface area contributed by atoms with Gasteiger partial charge in [0.15, 0.2) is 5.78 Å². The molecule has 3 aliphatic rings. The van der Waals surface area contributed by atoms with E-state index in [1.165, 1.54) is 50.1 Å². The molecule has 12 atom stereocenters. The number of aliphatic hydroxyl groups is 1. The number of Topliss-reactive ketones (excluding diaryl/α,β-unsaturated/α-hetero) is 1. The Kier molecular flexibility index (Phi) is 28.2. The quantitative estimate of drug-likeness (QED) is 0.0423. The number of aliphatic hydroxyl groups excluding tert-OH is 1. The molecule has 0 saturated carbocycles. The Labute approximate surface area is 519 Å². The largest absolute Gasteiger partial charge is 0.445 e. The van der Waals surface area contributed by atoms with Crippen LogP contribution in [-0.2, 0) is 54.3 Å². The summed E-state index contributed by atoms with van der Waals surface area (Å²) in [6.07, 6.45) is 7.38. The van der Waals surface area contributed by atoms with Crippen molar-refractivity contribution in [3.63, 3.8) is 0 Å². The Morgan fingerprint density at radius 2 is 1.56 bits per heavy atom. The number of nitrogens with zero attached hydrogens (tertiary/aromatic N) is 4. The molecule has 0 bridgehead atoms. The molecule has 2 saturated heterocycles. The first-order valence-corrected chi connectivity index (χ1v) is 32.2. The number of imide groups is 1. The van der Waals surface area contributed by atoms with Crippen molar-refractivity contribution < 1.29 is 67.2 Å². The van der Waals surface area contributed by atoms with Gasteiger partial charge in [0.1, 0.15) is 12.7 Å². The molecule has 0 aromatic heterocycles. The third-order valence-electron chi connectivity index (χ3n) is 17.5. The van der Waals surface area contributed by atoms with Crippen LogP contribution >= 0.6 is 11.8 Å². The summed E-state index contributed by atoms with van der Waals surface area (Å²) < 4.78 is 23.6. The van der Waals surface area contributed by atoms with Crippen LogP contribution in [0, 0.1) is 29.6 Å². The Bertz CT molecular complexity index is 2690. The molecule has 3 unspecified atom stereocenters. The van der Waals surface area contributed by atoms with Crippen molar-refractivity contribution in [1.29, 1.82) is 0 Å². The molecule has 87 heavy (non-hydrogen) atoms. The van der Waals surface area contributed by atoms with Crippen LogP contribution in [0.5, 0.6) is 0 Å². The molecule has 21 nitrogen and oxygen atoms in total. The SMILES string of the molecule is CC[C@H](C)[C@@H]([C@@H](CC(=O)N1CCC[C@H]1[C@H](OC)[C@@H](C)C(=O)N[C@H](C)[C@@H](O)c1ccccc1)OC)N(C)C(=O)C(CC(=O)[C@H](C(C)C)N(C)C(=O)OCc1ccc(NC(=O)OC2/C=C/CCCCC2)c(C(=O)NCCN2C(=O)CC(SC)C2=O)c1)C(C)C. The first-order chi connectivity index (χ1) is 41.4. The van der Waals surface area contributed by atoms with Gasteiger partial charge in [-0.1, -0.05) is 104 Å². The third-order valence-corrected chi connectivity index (χ3v) is 18.4. The number of ether oxygens (including phenoxy) is 4. The first kappa shape index (κ1) is 71.4. The predicted molar refractivity (Wildman–Crippen MR) is 333 cm³/mol. The van der Waals surface area contributed by atoms with Gasteiger partial charge >= 0.3 is 12.2 Å². The lowest BCUT2D eigenvalue weighted by molar-refractivity contribution is -0.149. The highest BCUT2D eigenvalue weighted by Gasteiger charge is 2.44. The number of amides is 8. The van der Waals surface area contributed by atoms with Crippen molar-refractivity contribution in [3.8, 4) is 0 Å². The molecule has 0 spiro atoms. The lowest BCUT2D eigenvalue weighted by Gasteiger charge is -2.41. The monoisotopic (exact) mass is 1230 g/mol. The van der Waals surface area contributed by atoms with Gasteiger partial charge in [0.25, 0.3) is 5.91 Å². The smallest absolute Gasteiger partial charge is 0.412 e. The number of nitrogens with one attached hydrogen (secondary N) is 3. The van der Waals surface area contributed by atoms with Gasteiger partial charge in [0.2, 0.25) is 29.5 Å². The number of carbonyl (C=O) groups is 9. The number of methoxy groups -OCH3 is 2. The number of thioether (sulfide) groups is 1.